The SMILES string of the molecule is [C-]#[N+]c1cc(-n2c3ccccc3c3ccc(-c4ccc(C)cc4)cc32)c(-n2c3ccccc3c3ccc(-c4ccc(C)cc4)cc32)cc1-c1cccc(C#N)c1. The van der Waals surface area contributed by atoms with Crippen molar-refractivity contribution in [1.82, 2.24) is 9.13 Å². The van der Waals surface area contributed by atoms with E-state index >= 15 is 0 Å². The predicted octanol–water partition coefficient (Wildman–Crippen LogP) is 13.9. The molecule has 0 bridgehead atoms. The van der Waals surface area contributed by atoms with Crippen molar-refractivity contribution in [3.8, 4) is 50.8 Å². The van der Waals surface area contributed by atoms with Crippen molar-refractivity contribution in [2.45, 2.75) is 13.8 Å². The molecule has 56 heavy (non-hydrogen) atoms. The molecule has 0 aliphatic heterocycles. The maximum atomic E-state index is 9.88. The molecule has 10 aromatic rings. The quantitative estimate of drug-likeness (QED) is 0.164. The van der Waals surface area contributed by atoms with Crippen molar-refractivity contribution in [3.05, 3.63) is 198 Å². The molecule has 0 fully saturated rings. The van der Waals surface area contributed by atoms with E-state index in [1.807, 2.05) is 24.3 Å². The van der Waals surface area contributed by atoms with E-state index in [1.165, 1.54) is 11.1 Å². The van der Waals surface area contributed by atoms with Gasteiger partial charge in [0.05, 0.1) is 51.6 Å². The van der Waals surface area contributed by atoms with Gasteiger partial charge in [0.2, 0.25) is 0 Å². The Morgan fingerprint density at radius 1 is 0.446 bits per heavy atom. The van der Waals surface area contributed by atoms with Crippen molar-refractivity contribution >= 4 is 49.3 Å². The van der Waals surface area contributed by atoms with Crippen LogP contribution in [0, 0.1) is 31.8 Å². The molecule has 0 atom stereocenters. The Morgan fingerprint density at radius 2 is 0.929 bits per heavy atom. The highest BCUT2D eigenvalue weighted by molar-refractivity contribution is 6.13. The predicted molar refractivity (Wildman–Crippen MR) is 232 cm³/mol. The molecule has 2 heterocycles. The van der Waals surface area contributed by atoms with Crippen LogP contribution in [0.5, 0.6) is 0 Å². The Balaban J connectivity index is 1.35. The number of nitrogens with zero attached hydrogens (tertiary/aromatic N) is 4. The monoisotopic (exact) mass is 714 g/mol. The number of benzene rings is 8. The highest BCUT2D eigenvalue weighted by Gasteiger charge is 2.23. The third-order valence-corrected chi connectivity index (χ3v) is 11.1. The van der Waals surface area contributed by atoms with Gasteiger partial charge in [0, 0.05) is 21.5 Å². The van der Waals surface area contributed by atoms with E-state index < -0.39 is 0 Å². The van der Waals surface area contributed by atoms with Gasteiger partial charge in [0.25, 0.3) is 0 Å². The largest absolute Gasteiger partial charge is 0.308 e. The van der Waals surface area contributed by atoms with Gasteiger partial charge in [0.1, 0.15) is 0 Å². The van der Waals surface area contributed by atoms with Gasteiger partial charge in [-0.1, -0.05) is 132 Å². The Labute approximate surface area is 325 Å². The summed E-state index contributed by atoms with van der Waals surface area (Å²) in [5.74, 6) is 0. The molecule has 262 valence electrons. The minimum absolute atomic E-state index is 0.514. The van der Waals surface area contributed by atoms with Crippen LogP contribution < -0.4 is 0 Å². The molecule has 0 aliphatic carbocycles. The van der Waals surface area contributed by atoms with Crippen LogP contribution in [0.4, 0.5) is 5.69 Å². The standard InChI is InChI=1S/C52H34N4/c1-33-15-19-36(20-16-33)38-23-25-43-41-11-4-6-13-47(41)55(49(43)28-38)51-30-45(40-10-8-9-35(27-40)32-53)46(54-3)31-52(51)56-48-14-7-5-12-42(48)44-26-24-39(29-50(44)56)37-21-17-34(2)18-22-37/h4-31H,1-2H3. The van der Waals surface area contributed by atoms with Gasteiger partial charge in [-0.3, -0.25) is 0 Å². The van der Waals surface area contributed by atoms with E-state index in [4.69, 9.17) is 6.57 Å². The number of fused-ring (bicyclic) bond motifs is 6. The van der Waals surface area contributed by atoms with Gasteiger partial charge in [-0.15, -0.1) is 0 Å². The van der Waals surface area contributed by atoms with Gasteiger partial charge >= 0.3 is 0 Å². The van der Waals surface area contributed by atoms with Gasteiger partial charge in [-0.25, -0.2) is 4.85 Å². The lowest BCUT2D eigenvalue weighted by molar-refractivity contribution is 1.10. The summed E-state index contributed by atoms with van der Waals surface area (Å²) in [6, 6.07) is 62.0. The van der Waals surface area contributed by atoms with Crippen LogP contribution >= 0.6 is 0 Å². The lowest BCUT2D eigenvalue weighted by atomic mass is 9.99. The second-order valence-corrected chi connectivity index (χ2v) is 14.6. The summed E-state index contributed by atoms with van der Waals surface area (Å²) in [6.45, 7) is 12.8. The van der Waals surface area contributed by atoms with E-state index in [2.05, 4.69) is 173 Å². The summed E-state index contributed by atoms with van der Waals surface area (Å²) >= 11 is 0. The zero-order chi connectivity index (χ0) is 37.9. The molecular formula is C52H34N4. The number of aryl methyl sites for hydroxylation is 2. The first-order chi connectivity index (χ1) is 27.5. The van der Waals surface area contributed by atoms with Gasteiger partial charge in [0.15, 0.2) is 5.69 Å². The van der Waals surface area contributed by atoms with Crippen molar-refractivity contribution in [2.24, 2.45) is 0 Å². The molecule has 0 saturated carbocycles. The van der Waals surface area contributed by atoms with E-state index in [0.29, 0.717) is 11.3 Å². The van der Waals surface area contributed by atoms with Crippen LogP contribution in [0.15, 0.2) is 170 Å². The number of rotatable bonds is 5. The summed E-state index contributed by atoms with van der Waals surface area (Å²) in [6.07, 6.45) is 0. The van der Waals surface area contributed by atoms with Gasteiger partial charge in [-0.2, -0.15) is 5.26 Å². The normalized spacial score (nSPS) is 11.4. The first-order valence-corrected chi connectivity index (χ1v) is 18.8. The van der Waals surface area contributed by atoms with Crippen molar-refractivity contribution in [3.63, 3.8) is 0 Å². The van der Waals surface area contributed by atoms with Crippen LogP contribution in [0.2, 0.25) is 0 Å². The van der Waals surface area contributed by atoms with Crippen LogP contribution in [0.3, 0.4) is 0 Å². The fraction of sp³-hybridized carbons (Fsp3) is 0.0385. The highest BCUT2D eigenvalue weighted by Crippen LogP contribution is 2.44. The van der Waals surface area contributed by atoms with Crippen LogP contribution in [0.1, 0.15) is 16.7 Å². The smallest absolute Gasteiger partial charge is 0.197 e. The van der Waals surface area contributed by atoms with Crippen molar-refractivity contribution in [2.75, 3.05) is 0 Å². The first-order valence-electron chi connectivity index (χ1n) is 18.8. The fourth-order valence-electron chi connectivity index (χ4n) is 8.32. The minimum atomic E-state index is 0.514. The van der Waals surface area contributed by atoms with E-state index in [1.54, 1.807) is 6.07 Å². The molecule has 0 unspecified atom stereocenters. The number of hydrogen-bond acceptors (Lipinski definition) is 1. The molecule has 0 amide bonds. The Bertz CT molecular complexity index is 3270. The molecule has 0 N–H and O–H groups in total. The lowest BCUT2D eigenvalue weighted by Crippen LogP contribution is -2.04. The second-order valence-electron chi connectivity index (χ2n) is 14.6. The third-order valence-electron chi connectivity index (χ3n) is 11.1. The second kappa shape index (κ2) is 13.0. The number of para-hydroxylation sites is 2. The summed E-state index contributed by atoms with van der Waals surface area (Å²) < 4.78 is 4.71. The third kappa shape index (κ3) is 5.28. The lowest BCUT2D eigenvalue weighted by Gasteiger charge is -2.20. The molecule has 8 aromatic carbocycles. The molecule has 2 aromatic heterocycles. The summed E-state index contributed by atoms with van der Waals surface area (Å²) in [5.41, 5.74) is 15.7. The van der Waals surface area contributed by atoms with Crippen molar-refractivity contribution < 1.29 is 0 Å². The number of aromatic nitrogens is 2. The molecule has 0 radical (unpaired) electrons. The summed E-state index contributed by atoms with van der Waals surface area (Å²) in [5, 5.41) is 14.5. The molecule has 0 saturated heterocycles. The topological polar surface area (TPSA) is 38.0 Å². The maximum absolute atomic E-state index is 9.88. The molecule has 0 aliphatic rings. The minimum Gasteiger partial charge on any atom is -0.308 e. The molecular weight excluding hydrogens is 681 g/mol. The zero-order valence-electron chi connectivity index (χ0n) is 31.0. The molecule has 10 rings (SSSR count). The molecule has 4 nitrogen and oxygen atoms in total. The van der Waals surface area contributed by atoms with Crippen LogP contribution in [-0.4, -0.2) is 9.13 Å². The maximum Gasteiger partial charge on any atom is 0.197 e. The van der Waals surface area contributed by atoms with Gasteiger partial charge in [-0.05, 0) is 95.8 Å². The van der Waals surface area contributed by atoms with Crippen LogP contribution in [0.25, 0.3) is 93.2 Å². The van der Waals surface area contributed by atoms with Crippen molar-refractivity contribution in [1.29, 1.82) is 5.26 Å². The zero-order valence-corrected chi connectivity index (χ0v) is 31.0. The summed E-state index contributed by atoms with van der Waals surface area (Å²) in [7, 11) is 0. The summed E-state index contributed by atoms with van der Waals surface area (Å²) in [4.78, 5) is 4.16. The highest BCUT2D eigenvalue weighted by atomic mass is 15.1. The molecule has 0 spiro atoms. The Kier molecular flexibility index (Phi) is 7.66. The first kappa shape index (κ1) is 32.9. The van der Waals surface area contributed by atoms with E-state index in [0.717, 1.165) is 88.4 Å². The number of hydrogen-bond donors (Lipinski definition) is 0. The average molecular weight is 715 g/mol. The van der Waals surface area contributed by atoms with E-state index in [-0.39, 0.29) is 0 Å². The fourth-order valence-corrected chi connectivity index (χ4v) is 8.32. The number of nitriles is 1. The van der Waals surface area contributed by atoms with E-state index in [9.17, 15) is 5.26 Å². The van der Waals surface area contributed by atoms with Gasteiger partial charge < -0.3 is 9.13 Å². The Hall–Kier alpha value is -7.66. The van der Waals surface area contributed by atoms with Crippen LogP contribution in [-0.2, 0) is 0 Å². The molecule has 4 heteroatoms. The average Bonchev–Trinajstić information content (AvgIpc) is 3.75. The Morgan fingerprint density at radius 3 is 1.45 bits per heavy atom.